The van der Waals surface area contributed by atoms with E-state index in [1.807, 2.05) is 30.4 Å². The minimum Gasteiger partial charge on any atom is -0.472 e. The van der Waals surface area contributed by atoms with E-state index in [-0.39, 0.29) is 0 Å². The second-order valence-electron chi connectivity index (χ2n) is 5.00. The van der Waals surface area contributed by atoms with Crippen molar-refractivity contribution in [2.45, 2.75) is 6.42 Å². The standard InChI is InChI=1S/C18H14N2OS2/c1(2-10-16-19-13-7-4-5-8-14(13)22-16)3-11-17-20-18-15(23-17)9-6-12-21-18/h1-9,11H,10,12H2. The van der Waals surface area contributed by atoms with Crippen LogP contribution >= 0.6 is 22.7 Å². The molecule has 5 heteroatoms. The maximum atomic E-state index is 5.47. The van der Waals surface area contributed by atoms with Gasteiger partial charge in [0.15, 0.2) is 0 Å². The van der Waals surface area contributed by atoms with Crippen LogP contribution in [0.2, 0.25) is 0 Å². The Morgan fingerprint density at radius 3 is 3.00 bits per heavy atom. The molecule has 114 valence electrons. The maximum Gasteiger partial charge on any atom is 0.232 e. The molecule has 0 fully saturated rings. The van der Waals surface area contributed by atoms with Gasteiger partial charge in [-0.15, -0.1) is 22.7 Å². The molecule has 23 heavy (non-hydrogen) atoms. The number of nitrogens with zero attached hydrogens (tertiary/aromatic N) is 2. The van der Waals surface area contributed by atoms with Crippen molar-refractivity contribution in [3.63, 3.8) is 0 Å². The van der Waals surface area contributed by atoms with Crippen LogP contribution in [0.15, 0.2) is 48.6 Å². The van der Waals surface area contributed by atoms with Gasteiger partial charge in [-0.3, -0.25) is 0 Å². The smallest absolute Gasteiger partial charge is 0.232 e. The van der Waals surface area contributed by atoms with Crippen molar-refractivity contribution in [2.24, 2.45) is 0 Å². The van der Waals surface area contributed by atoms with Gasteiger partial charge in [-0.1, -0.05) is 30.4 Å². The Balaban J connectivity index is 1.39. The fourth-order valence-electron chi connectivity index (χ4n) is 2.29. The van der Waals surface area contributed by atoms with Gasteiger partial charge < -0.3 is 4.74 Å². The highest BCUT2D eigenvalue weighted by atomic mass is 32.1. The van der Waals surface area contributed by atoms with Crippen LogP contribution in [-0.2, 0) is 6.42 Å². The molecule has 3 nitrogen and oxygen atoms in total. The third-order valence-corrected chi connectivity index (χ3v) is 5.37. The topological polar surface area (TPSA) is 35.0 Å². The van der Waals surface area contributed by atoms with Crippen LogP contribution in [0.3, 0.4) is 0 Å². The van der Waals surface area contributed by atoms with Gasteiger partial charge in [-0.05, 0) is 30.4 Å². The SMILES string of the molecule is C(C=Cc1nc2c(s1)C=CCO2)=CCc1nc2ccccc2s1. The molecule has 1 aliphatic rings. The summed E-state index contributed by atoms with van der Waals surface area (Å²) < 4.78 is 6.72. The lowest BCUT2D eigenvalue weighted by molar-refractivity contribution is 0.346. The van der Waals surface area contributed by atoms with Gasteiger partial charge in [0, 0.05) is 6.42 Å². The number of aromatic nitrogens is 2. The van der Waals surface area contributed by atoms with Crippen LogP contribution in [0, 0.1) is 0 Å². The van der Waals surface area contributed by atoms with E-state index in [9.17, 15) is 0 Å². The summed E-state index contributed by atoms with van der Waals surface area (Å²) in [5.41, 5.74) is 1.08. The molecule has 1 aromatic carbocycles. The molecular weight excluding hydrogens is 324 g/mol. The molecule has 0 amide bonds. The summed E-state index contributed by atoms with van der Waals surface area (Å²) in [5.74, 6) is 0.746. The van der Waals surface area contributed by atoms with Crippen LogP contribution in [0.4, 0.5) is 0 Å². The fourth-order valence-corrected chi connectivity index (χ4v) is 4.09. The number of fused-ring (bicyclic) bond motifs is 2. The first-order valence-electron chi connectivity index (χ1n) is 7.36. The molecule has 0 aliphatic carbocycles. The van der Waals surface area contributed by atoms with Gasteiger partial charge in [0.05, 0.1) is 20.1 Å². The van der Waals surface area contributed by atoms with E-state index < -0.39 is 0 Å². The molecule has 0 bridgehead atoms. The number of rotatable bonds is 4. The number of ether oxygens (including phenoxy) is 1. The van der Waals surface area contributed by atoms with Crippen LogP contribution < -0.4 is 4.74 Å². The minimum absolute atomic E-state index is 0.613. The zero-order valence-electron chi connectivity index (χ0n) is 12.3. The zero-order chi connectivity index (χ0) is 15.5. The number of thiazole rings is 2. The lowest BCUT2D eigenvalue weighted by atomic mass is 10.3. The van der Waals surface area contributed by atoms with Crippen molar-refractivity contribution >= 4 is 45.0 Å². The number of allylic oxidation sites excluding steroid dienone is 3. The normalized spacial score (nSPS) is 13.9. The molecule has 0 saturated heterocycles. The lowest BCUT2D eigenvalue weighted by Gasteiger charge is -2.03. The fraction of sp³-hybridized carbons (Fsp3) is 0.111. The molecule has 0 saturated carbocycles. The average molecular weight is 338 g/mol. The Morgan fingerprint density at radius 2 is 2.09 bits per heavy atom. The molecule has 0 atom stereocenters. The predicted molar refractivity (Wildman–Crippen MR) is 98.1 cm³/mol. The first-order chi connectivity index (χ1) is 11.4. The molecule has 1 aliphatic heterocycles. The average Bonchev–Trinajstić information content (AvgIpc) is 3.17. The van der Waals surface area contributed by atoms with E-state index in [0.29, 0.717) is 6.61 Å². The lowest BCUT2D eigenvalue weighted by Crippen LogP contribution is -1.98. The first kappa shape index (κ1) is 14.4. The summed E-state index contributed by atoms with van der Waals surface area (Å²) in [6, 6.07) is 8.24. The number of hydrogen-bond acceptors (Lipinski definition) is 5. The Hall–Kier alpha value is -2.24. The van der Waals surface area contributed by atoms with E-state index >= 15 is 0 Å². The van der Waals surface area contributed by atoms with E-state index in [0.717, 1.165) is 32.7 Å². The predicted octanol–water partition coefficient (Wildman–Crippen LogP) is 4.97. The minimum atomic E-state index is 0.613. The van der Waals surface area contributed by atoms with Gasteiger partial charge in [-0.2, -0.15) is 0 Å². The second-order valence-corrected chi connectivity index (χ2v) is 7.18. The third kappa shape index (κ3) is 3.25. The van der Waals surface area contributed by atoms with E-state index in [2.05, 4.69) is 40.3 Å². The van der Waals surface area contributed by atoms with Gasteiger partial charge in [0.2, 0.25) is 5.88 Å². The molecular formula is C18H14N2OS2. The second kappa shape index (κ2) is 6.48. The Kier molecular flexibility index (Phi) is 4.05. The molecule has 0 N–H and O–H groups in total. The Bertz CT molecular complexity index is 885. The summed E-state index contributed by atoms with van der Waals surface area (Å²) in [7, 11) is 0. The monoisotopic (exact) mass is 338 g/mol. The van der Waals surface area contributed by atoms with Gasteiger partial charge in [0.1, 0.15) is 11.6 Å². The molecule has 3 heterocycles. The largest absolute Gasteiger partial charge is 0.472 e. The van der Waals surface area contributed by atoms with Crippen molar-refractivity contribution in [3.8, 4) is 5.88 Å². The maximum absolute atomic E-state index is 5.47. The molecule has 2 aromatic heterocycles. The highest BCUT2D eigenvalue weighted by molar-refractivity contribution is 7.18. The Labute approximate surface area is 142 Å². The molecule has 0 unspecified atom stereocenters. The number of para-hydroxylation sites is 1. The highest BCUT2D eigenvalue weighted by Crippen LogP contribution is 2.29. The van der Waals surface area contributed by atoms with E-state index in [1.54, 1.807) is 22.7 Å². The molecule has 4 rings (SSSR count). The van der Waals surface area contributed by atoms with Crippen LogP contribution in [0.1, 0.15) is 14.9 Å². The molecule has 0 spiro atoms. The summed E-state index contributed by atoms with van der Waals surface area (Å²) in [6.45, 7) is 0.613. The first-order valence-corrected chi connectivity index (χ1v) is 8.99. The molecule has 0 radical (unpaired) electrons. The van der Waals surface area contributed by atoms with E-state index in [4.69, 9.17) is 4.74 Å². The van der Waals surface area contributed by atoms with Crippen LogP contribution in [0.5, 0.6) is 5.88 Å². The number of hydrogen-bond donors (Lipinski definition) is 0. The van der Waals surface area contributed by atoms with Crippen molar-refractivity contribution in [1.82, 2.24) is 9.97 Å². The summed E-state index contributed by atoms with van der Waals surface area (Å²) in [4.78, 5) is 10.2. The summed E-state index contributed by atoms with van der Waals surface area (Å²) in [5, 5.41) is 2.10. The van der Waals surface area contributed by atoms with Gasteiger partial charge in [-0.25, -0.2) is 9.97 Å². The van der Waals surface area contributed by atoms with Crippen molar-refractivity contribution < 1.29 is 4.74 Å². The summed E-state index contributed by atoms with van der Waals surface area (Å²) in [6.07, 6.45) is 13.1. The van der Waals surface area contributed by atoms with Crippen molar-refractivity contribution in [3.05, 3.63) is 63.5 Å². The number of benzene rings is 1. The highest BCUT2D eigenvalue weighted by Gasteiger charge is 2.10. The zero-order valence-corrected chi connectivity index (χ0v) is 13.9. The third-order valence-electron chi connectivity index (χ3n) is 3.34. The van der Waals surface area contributed by atoms with Crippen LogP contribution in [0.25, 0.3) is 22.4 Å². The van der Waals surface area contributed by atoms with Crippen LogP contribution in [-0.4, -0.2) is 16.6 Å². The quantitative estimate of drug-likeness (QED) is 0.630. The van der Waals surface area contributed by atoms with Gasteiger partial charge in [0.25, 0.3) is 0 Å². The van der Waals surface area contributed by atoms with E-state index in [1.165, 1.54) is 4.70 Å². The molecule has 3 aromatic rings. The Morgan fingerprint density at radius 1 is 1.13 bits per heavy atom. The summed E-state index contributed by atoms with van der Waals surface area (Å²) >= 11 is 3.39. The van der Waals surface area contributed by atoms with Crippen molar-refractivity contribution in [2.75, 3.05) is 6.61 Å². The van der Waals surface area contributed by atoms with Crippen molar-refractivity contribution in [1.29, 1.82) is 0 Å². The van der Waals surface area contributed by atoms with Gasteiger partial charge >= 0.3 is 0 Å².